The van der Waals surface area contributed by atoms with Gasteiger partial charge in [0.1, 0.15) is 5.75 Å². The molecule has 0 aliphatic carbocycles. The molecule has 132 valence electrons. The molecule has 2 aliphatic rings. The molecule has 0 unspecified atom stereocenters. The lowest BCUT2D eigenvalue weighted by Gasteiger charge is -2.12. The summed E-state index contributed by atoms with van der Waals surface area (Å²) >= 11 is 6.82. The van der Waals surface area contributed by atoms with Gasteiger partial charge < -0.3 is 14.2 Å². The molecule has 2 heterocycles. The summed E-state index contributed by atoms with van der Waals surface area (Å²) in [5.74, 6) is 1.24. The first-order chi connectivity index (χ1) is 12.6. The number of fused-ring (bicyclic) bond motifs is 1. The Morgan fingerprint density at radius 3 is 2.69 bits per heavy atom. The van der Waals surface area contributed by atoms with Gasteiger partial charge in [0.2, 0.25) is 6.79 Å². The number of ether oxygens (including phenoxy) is 3. The minimum absolute atomic E-state index is 0.132. The van der Waals surface area contributed by atoms with E-state index in [0.29, 0.717) is 33.5 Å². The molecule has 8 heteroatoms. The summed E-state index contributed by atoms with van der Waals surface area (Å²) in [6.45, 7) is 0.132. The predicted octanol–water partition coefficient (Wildman–Crippen LogP) is 4.32. The third-order valence-corrected chi connectivity index (χ3v) is 4.98. The Kier molecular flexibility index (Phi) is 4.26. The van der Waals surface area contributed by atoms with Crippen molar-refractivity contribution < 1.29 is 23.8 Å². The van der Waals surface area contributed by atoms with Crippen LogP contribution in [0.5, 0.6) is 17.2 Å². The molecule has 0 atom stereocenters. The molecule has 4 rings (SSSR count). The average Bonchev–Trinajstić information content (AvgIpc) is 3.18. The summed E-state index contributed by atoms with van der Waals surface area (Å²) in [6.07, 6.45) is 1.61. The Bertz CT molecular complexity index is 959. The van der Waals surface area contributed by atoms with Gasteiger partial charge in [-0.3, -0.25) is 9.59 Å². The largest absolute Gasteiger partial charge is 0.496 e. The van der Waals surface area contributed by atoms with Crippen molar-refractivity contribution in [3.63, 3.8) is 0 Å². The zero-order valence-electron chi connectivity index (χ0n) is 13.5. The topological polar surface area (TPSA) is 65.1 Å². The summed E-state index contributed by atoms with van der Waals surface area (Å²) < 4.78 is 16.0. The van der Waals surface area contributed by atoms with Gasteiger partial charge in [-0.1, -0.05) is 17.7 Å². The first kappa shape index (κ1) is 16.8. The Morgan fingerprint density at radius 2 is 1.96 bits per heavy atom. The van der Waals surface area contributed by atoms with E-state index in [9.17, 15) is 9.59 Å². The monoisotopic (exact) mass is 389 g/mol. The van der Waals surface area contributed by atoms with Gasteiger partial charge in [0, 0.05) is 16.7 Å². The fourth-order valence-electron chi connectivity index (χ4n) is 2.68. The van der Waals surface area contributed by atoms with E-state index in [4.69, 9.17) is 25.8 Å². The lowest BCUT2D eigenvalue weighted by molar-refractivity contribution is -0.113. The zero-order chi connectivity index (χ0) is 18.3. The van der Waals surface area contributed by atoms with Crippen LogP contribution in [-0.4, -0.2) is 25.0 Å². The second-order valence-corrected chi connectivity index (χ2v) is 6.87. The Hall–Kier alpha value is -2.64. The SMILES string of the molecule is COc1cc2c(cc1/C=C1\SC(=O)N(c3cccc(Cl)c3)C1=O)OCO2. The third-order valence-electron chi connectivity index (χ3n) is 3.87. The van der Waals surface area contributed by atoms with Crippen molar-refractivity contribution in [1.82, 2.24) is 0 Å². The molecule has 0 saturated carbocycles. The number of carbonyl (C=O) groups is 2. The van der Waals surface area contributed by atoms with Crippen LogP contribution < -0.4 is 19.1 Å². The summed E-state index contributed by atoms with van der Waals surface area (Å²) in [5.41, 5.74) is 1.05. The van der Waals surface area contributed by atoms with Crippen LogP contribution in [-0.2, 0) is 4.79 Å². The minimum atomic E-state index is -0.415. The number of nitrogens with zero attached hydrogens (tertiary/aromatic N) is 1. The van der Waals surface area contributed by atoms with Gasteiger partial charge in [-0.15, -0.1) is 0 Å². The highest BCUT2D eigenvalue weighted by Gasteiger charge is 2.36. The Balaban J connectivity index is 1.71. The molecule has 6 nitrogen and oxygen atoms in total. The number of methoxy groups -OCH3 is 1. The zero-order valence-corrected chi connectivity index (χ0v) is 15.1. The molecule has 0 radical (unpaired) electrons. The normalized spacial score (nSPS) is 17.3. The smallest absolute Gasteiger partial charge is 0.298 e. The van der Waals surface area contributed by atoms with Crippen LogP contribution in [0.1, 0.15) is 5.56 Å². The van der Waals surface area contributed by atoms with E-state index in [1.807, 2.05) is 0 Å². The van der Waals surface area contributed by atoms with Crippen molar-refractivity contribution in [3.8, 4) is 17.2 Å². The lowest BCUT2D eigenvalue weighted by atomic mass is 10.1. The molecule has 26 heavy (non-hydrogen) atoms. The molecule has 0 bridgehead atoms. The van der Waals surface area contributed by atoms with Crippen LogP contribution in [0.3, 0.4) is 0 Å². The summed E-state index contributed by atoms with van der Waals surface area (Å²) in [6, 6.07) is 10.0. The van der Waals surface area contributed by atoms with Crippen molar-refractivity contribution in [2.24, 2.45) is 0 Å². The van der Waals surface area contributed by atoms with Crippen molar-refractivity contribution in [3.05, 3.63) is 51.9 Å². The second kappa shape index (κ2) is 6.59. The number of carbonyl (C=O) groups excluding carboxylic acids is 2. The number of anilines is 1. The molecule has 2 aliphatic heterocycles. The van der Waals surface area contributed by atoms with Crippen molar-refractivity contribution >= 4 is 46.3 Å². The van der Waals surface area contributed by atoms with Gasteiger partial charge in [0.25, 0.3) is 11.1 Å². The average molecular weight is 390 g/mol. The van der Waals surface area contributed by atoms with Gasteiger partial charge >= 0.3 is 0 Å². The van der Waals surface area contributed by atoms with Crippen molar-refractivity contribution in [1.29, 1.82) is 0 Å². The van der Waals surface area contributed by atoms with Crippen LogP contribution in [0.15, 0.2) is 41.3 Å². The van der Waals surface area contributed by atoms with Crippen molar-refractivity contribution in [2.45, 2.75) is 0 Å². The molecule has 2 aromatic rings. The van der Waals surface area contributed by atoms with E-state index in [0.717, 1.165) is 16.7 Å². The summed E-state index contributed by atoms with van der Waals surface area (Å²) in [5, 5.41) is 0.0613. The van der Waals surface area contributed by atoms with Crippen LogP contribution in [0.25, 0.3) is 6.08 Å². The number of rotatable bonds is 3. The molecule has 1 saturated heterocycles. The fourth-order valence-corrected chi connectivity index (χ4v) is 3.69. The van der Waals surface area contributed by atoms with Crippen molar-refractivity contribution in [2.75, 3.05) is 18.8 Å². The third kappa shape index (κ3) is 2.89. The second-order valence-electron chi connectivity index (χ2n) is 5.44. The van der Waals surface area contributed by atoms with Gasteiger partial charge in [-0.05, 0) is 42.1 Å². The van der Waals surface area contributed by atoms with Crippen LogP contribution in [0.4, 0.5) is 10.5 Å². The number of hydrogen-bond acceptors (Lipinski definition) is 6. The van der Waals surface area contributed by atoms with E-state index in [2.05, 4.69) is 0 Å². The van der Waals surface area contributed by atoms with Crippen LogP contribution in [0, 0.1) is 0 Å². The maximum Gasteiger partial charge on any atom is 0.298 e. The molecule has 0 aromatic heterocycles. The van der Waals surface area contributed by atoms with Crippen LogP contribution >= 0.6 is 23.4 Å². The highest BCUT2D eigenvalue weighted by atomic mass is 35.5. The molecule has 2 amide bonds. The number of amides is 2. The molecule has 2 aromatic carbocycles. The van der Waals surface area contributed by atoms with E-state index in [1.54, 1.807) is 42.5 Å². The van der Waals surface area contributed by atoms with Crippen LogP contribution in [0.2, 0.25) is 5.02 Å². The number of hydrogen-bond donors (Lipinski definition) is 0. The molecular weight excluding hydrogens is 378 g/mol. The van der Waals surface area contributed by atoms with Gasteiger partial charge in [0.05, 0.1) is 17.7 Å². The quantitative estimate of drug-likeness (QED) is 0.728. The predicted molar refractivity (Wildman–Crippen MR) is 99.0 cm³/mol. The number of halogens is 1. The maximum absolute atomic E-state index is 12.7. The molecule has 0 N–H and O–H groups in total. The van der Waals surface area contributed by atoms with E-state index in [1.165, 1.54) is 7.11 Å². The highest BCUT2D eigenvalue weighted by molar-refractivity contribution is 8.19. The number of thioether (sulfide) groups is 1. The van der Waals surface area contributed by atoms with Gasteiger partial charge in [0.15, 0.2) is 11.5 Å². The first-order valence-electron chi connectivity index (χ1n) is 7.58. The van der Waals surface area contributed by atoms with E-state index in [-0.39, 0.29) is 16.9 Å². The number of benzene rings is 2. The number of imide groups is 1. The molecule has 1 fully saturated rings. The summed E-state index contributed by atoms with van der Waals surface area (Å²) in [7, 11) is 1.52. The first-order valence-corrected chi connectivity index (χ1v) is 8.77. The Labute approximate surface area is 158 Å². The van der Waals surface area contributed by atoms with E-state index >= 15 is 0 Å². The van der Waals surface area contributed by atoms with Gasteiger partial charge in [-0.25, -0.2) is 4.90 Å². The standard InChI is InChI=1S/C18H12ClNO5S/c1-23-13-8-15-14(24-9-25-15)5-10(13)6-16-17(21)20(18(22)26-16)12-4-2-3-11(19)7-12/h2-8H,9H2,1H3/b16-6-. The molecular formula is C18H12ClNO5S. The Morgan fingerprint density at radius 1 is 1.19 bits per heavy atom. The summed E-state index contributed by atoms with van der Waals surface area (Å²) in [4.78, 5) is 26.5. The highest BCUT2D eigenvalue weighted by Crippen LogP contribution is 2.41. The van der Waals surface area contributed by atoms with E-state index < -0.39 is 5.91 Å². The van der Waals surface area contributed by atoms with Gasteiger partial charge in [-0.2, -0.15) is 0 Å². The maximum atomic E-state index is 12.7. The minimum Gasteiger partial charge on any atom is -0.496 e. The lowest BCUT2D eigenvalue weighted by Crippen LogP contribution is -2.27. The fraction of sp³-hybridized carbons (Fsp3) is 0.111. The molecule has 0 spiro atoms.